The van der Waals surface area contributed by atoms with Gasteiger partial charge in [-0.25, -0.2) is 4.79 Å². The van der Waals surface area contributed by atoms with Gasteiger partial charge in [-0.05, 0) is 31.5 Å². The standard InChI is InChI=1S/C15H15O5P/c1-4-8-18-21(17-5-2)20-12-6-7-13-11(3)9-15(16)19-14(13)10-12/h1,6-7,9-10H,5,8H2,2-3H3. The van der Waals surface area contributed by atoms with Crippen molar-refractivity contribution in [1.29, 1.82) is 0 Å². The fourth-order valence-corrected chi connectivity index (χ4v) is 2.59. The SMILES string of the molecule is C#CCOP(OCC)Oc1ccc2c(C)cc(=O)oc2c1. The Morgan fingerprint density at radius 1 is 1.33 bits per heavy atom. The predicted octanol–water partition coefficient (Wildman–Crippen LogP) is 3.39. The largest absolute Gasteiger partial charge is 0.427 e. The van der Waals surface area contributed by atoms with Gasteiger partial charge >= 0.3 is 14.2 Å². The summed E-state index contributed by atoms with van der Waals surface area (Å²) in [5.41, 5.74) is 0.914. The normalized spacial score (nSPS) is 12.0. The third-order valence-electron chi connectivity index (χ3n) is 2.59. The van der Waals surface area contributed by atoms with Crippen molar-refractivity contribution in [2.75, 3.05) is 13.2 Å². The Hall–Kier alpha value is -1.86. The lowest BCUT2D eigenvalue weighted by Crippen LogP contribution is -1.99. The quantitative estimate of drug-likeness (QED) is 0.465. The van der Waals surface area contributed by atoms with E-state index in [9.17, 15) is 4.79 Å². The number of rotatable bonds is 6. The minimum Gasteiger partial charge on any atom is -0.427 e. The highest BCUT2D eigenvalue weighted by atomic mass is 31.2. The van der Waals surface area contributed by atoms with Crippen LogP contribution in [0, 0.1) is 19.3 Å². The van der Waals surface area contributed by atoms with E-state index in [1.54, 1.807) is 12.1 Å². The van der Waals surface area contributed by atoms with Crippen LogP contribution < -0.4 is 10.1 Å². The van der Waals surface area contributed by atoms with Gasteiger partial charge in [0.05, 0.1) is 6.61 Å². The molecule has 0 aliphatic rings. The summed E-state index contributed by atoms with van der Waals surface area (Å²) in [4.78, 5) is 11.4. The molecule has 0 fully saturated rings. The molecule has 2 aromatic rings. The van der Waals surface area contributed by atoms with E-state index in [4.69, 9.17) is 24.4 Å². The summed E-state index contributed by atoms with van der Waals surface area (Å²) >= 11 is 0. The second-order valence-corrected chi connectivity index (χ2v) is 5.26. The number of hydrogen-bond acceptors (Lipinski definition) is 5. The van der Waals surface area contributed by atoms with E-state index < -0.39 is 14.2 Å². The van der Waals surface area contributed by atoms with Crippen molar-refractivity contribution < 1.29 is 18.0 Å². The van der Waals surface area contributed by atoms with Gasteiger partial charge < -0.3 is 13.5 Å². The van der Waals surface area contributed by atoms with E-state index in [2.05, 4.69) is 5.92 Å². The minimum atomic E-state index is -1.58. The molecular formula is C15H15O5P. The molecular weight excluding hydrogens is 291 g/mol. The maximum Gasteiger partial charge on any atom is 0.398 e. The third kappa shape index (κ3) is 4.05. The van der Waals surface area contributed by atoms with Crippen LogP contribution in [0.4, 0.5) is 0 Å². The van der Waals surface area contributed by atoms with Crippen LogP contribution >= 0.6 is 8.60 Å². The number of fused-ring (bicyclic) bond motifs is 1. The van der Waals surface area contributed by atoms with Crippen molar-refractivity contribution in [2.45, 2.75) is 13.8 Å². The molecule has 1 atom stereocenters. The Kier molecular flexibility index (Phi) is 5.35. The Morgan fingerprint density at radius 3 is 2.86 bits per heavy atom. The zero-order valence-electron chi connectivity index (χ0n) is 11.8. The van der Waals surface area contributed by atoms with E-state index >= 15 is 0 Å². The summed E-state index contributed by atoms with van der Waals surface area (Å²) in [6, 6.07) is 6.68. The first-order valence-electron chi connectivity index (χ1n) is 6.36. The van der Waals surface area contributed by atoms with Gasteiger partial charge in [-0.15, -0.1) is 6.42 Å². The monoisotopic (exact) mass is 306 g/mol. The topological polar surface area (TPSA) is 57.9 Å². The summed E-state index contributed by atoms with van der Waals surface area (Å²) < 4.78 is 21.4. The molecule has 1 aromatic heterocycles. The van der Waals surface area contributed by atoms with Crippen LogP contribution in [-0.4, -0.2) is 13.2 Å². The summed E-state index contributed by atoms with van der Waals surface area (Å²) in [5.74, 6) is 2.85. The molecule has 21 heavy (non-hydrogen) atoms. The Balaban J connectivity index is 2.25. The highest BCUT2D eigenvalue weighted by Crippen LogP contribution is 2.41. The van der Waals surface area contributed by atoms with E-state index in [1.165, 1.54) is 6.07 Å². The molecule has 0 aliphatic heterocycles. The number of benzene rings is 1. The molecule has 0 aliphatic carbocycles. The lowest BCUT2D eigenvalue weighted by atomic mass is 10.1. The highest BCUT2D eigenvalue weighted by molar-refractivity contribution is 7.42. The second-order valence-electron chi connectivity index (χ2n) is 4.12. The molecule has 0 radical (unpaired) electrons. The van der Waals surface area contributed by atoms with E-state index in [1.807, 2.05) is 19.9 Å². The molecule has 110 valence electrons. The van der Waals surface area contributed by atoms with E-state index in [-0.39, 0.29) is 6.61 Å². The van der Waals surface area contributed by atoms with Gasteiger partial charge in [0.15, 0.2) is 0 Å². The van der Waals surface area contributed by atoms with Crippen molar-refractivity contribution in [3.63, 3.8) is 0 Å². The molecule has 2 rings (SSSR count). The van der Waals surface area contributed by atoms with Gasteiger partial charge in [0.2, 0.25) is 0 Å². The lowest BCUT2D eigenvalue weighted by Gasteiger charge is -2.15. The molecule has 6 heteroatoms. The summed E-state index contributed by atoms with van der Waals surface area (Å²) in [7, 11) is -1.58. The molecule has 0 bridgehead atoms. The molecule has 0 saturated heterocycles. The molecule has 1 heterocycles. The van der Waals surface area contributed by atoms with Crippen LogP contribution in [0.2, 0.25) is 0 Å². The van der Waals surface area contributed by atoms with Gasteiger partial charge in [0.1, 0.15) is 17.9 Å². The second kappa shape index (κ2) is 7.24. The van der Waals surface area contributed by atoms with Crippen molar-refractivity contribution in [1.82, 2.24) is 0 Å². The van der Waals surface area contributed by atoms with E-state index in [0.717, 1.165) is 10.9 Å². The lowest BCUT2D eigenvalue weighted by molar-refractivity contribution is 0.231. The van der Waals surface area contributed by atoms with Gasteiger partial charge in [-0.1, -0.05) is 5.92 Å². The minimum absolute atomic E-state index is 0.105. The first-order chi connectivity index (χ1) is 10.1. The van der Waals surface area contributed by atoms with Crippen molar-refractivity contribution >= 4 is 19.6 Å². The van der Waals surface area contributed by atoms with Crippen LogP contribution in [0.25, 0.3) is 11.0 Å². The van der Waals surface area contributed by atoms with Gasteiger partial charge in [0, 0.05) is 17.5 Å². The molecule has 1 aromatic carbocycles. The van der Waals surface area contributed by atoms with Crippen molar-refractivity contribution in [3.8, 4) is 18.1 Å². The molecule has 1 unspecified atom stereocenters. The highest BCUT2D eigenvalue weighted by Gasteiger charge is 2.14. The van der Waals surface area contributed by atoms with Crippen LogP contribution in [-0.2, 0) is 9.05 Å². The van der Waals surface area contributed by atoms with Crippen LogP contribution in [0.5, 0.6) is 5.75 Å². The fraction of sp³-hybridized carbons (Fsp3) is 0.267. The molecule has 0 N–H and O–H groups in total. The predicted molar refractivity (Wildman–Crippen MR) is 81.2 cm³/mol. The molecule has 0 spiro atoms. The van der Waals surface area contributed by atoms with Gasteiger partial charge in [-0.2, -0.15) is 0 Å². The maximum absolute atomic E-state index is 11.4. The van der Waals surface area contributed by atoms with E-state index in [0.29, 0.717) is 17.9 Å². The molecule has 5 nitrogen and oxygen atoms in total. The van der Waals surface area contributed by atoms with Crippen LogP contribution in [0.15, 0.2) is 33.5 Å². The number of terminal acetylenes is 1. The zero-order valence-corrected chi connectivity index (χ0v) is 12.7. The summed E-state index contributed by atoms with van der Waals surface area (Å²) in [5, 5.41) is 0.854. The first kappa shape index (κ1) is 15.5. The smallest absolute Gasteiger partial charge is 0.398 e. The first-order valence-corrected chi connectivity index (χ1v) is 7.45. The molecule has 0 amide bonds. The Labute approximate surface area is 123 Å². The van der Waals surface area contributed by atoms with Crippen LogP contribution in [0.3, 0.4) is 0 Å². The summed E-state index contributed by atoms with van der Waals surface area (Å²) in [6.45, 7) is 4.23. The number of aryl methyl sites for hydroxylation is 1. The maximum atomic E-state index is 11.4. The Morgan fingerprint density at radius 2 is 2.14 bits per heavy atom. The molecule has 0 saturated carbocycles. The van der Waals surface area contributed by atoms with Crippen molar-refractivity contribution in [2.24, 2.45) is 0 Å². The Bertz CT molecular complexity index is 716. The average Bonchev–Trinajstić information content (AvgIpc) is 2.44. The number of hydrogen-bond donors (Lipinski definition) is 0. The summed E-state index contributed by atoms with van der Waals surface area (Å²) in [6.07, 6.45) is 5.15. The van der Waals surface area contributed by atoms with Crippen LogP contribution in [0.1, 0.15) is 12.5 Å². The van der Waals surface area contributed by atoms with Gasteiger partial charge in [0.25, 0.3) is 0 Å². The average molecular weight is 306 g/mol. The third-order valence-corrected chi connectivity index (χ3v) is 3.76. The fourth-order valence-electron chi connectivity index (χ4n) is 1.73. The van der Waals surface area contributed by atoms with Gasteiger partial charge in [-0.3, -0.25) is 4.52 Å². The van der Waals surface area contributed by atoms with Crippen molar-refractivity contribution in [3.05, 3.63) is 40.2 Å². The zero-order chi connectivity index (χ0) is 15.2.